The van der Waals surface area contributed by atoms with Gasteiger partial charge in [0.1, 0.15) is 11.2 Å². The minimum atomic E-state index is -0.180. The van der Waals surface area contributed by atoms with Crippen molar-refractivity contribution in [3.8, 4) is 0 Å². The van der Waals surface area contributed by atoms with Crippen LogP contribution < -0.4 is 10.6 Å². The van der Waals surface area contributed by atoms with Crippen molar-refractivity contribution >= 4 is 45.2 Å². The van der Waals surface area contributed by atoms with Crippen molar-refractivity contribution < 1.29 is 4.79 Å². The van der Waals surface area contributed by atoms with E-state index < -0.39 is 0 Å². The summed E-state index contributed by atoms with van der Waals surface area (Å²) in [5, 5.41) is 7.49. The van der Waals surface area contributed by atoms with Gasteiger partial charge in [0.25, 0.3) is 5.91 Å². The first kappa shape index (κ1) is 13.6. The second-order valence-corrected chi connectivity index (χ2v) is 8.24. The molecule has 110 valence electrons. The summed E-state index contributed by atoms with van der Waals surface area (Å²) < 4.78 is 0.735. The fraction of sp³-hybridized carbons (Fsp3) is 0.357. The monoisotopic (exact) mass is 339 g/mol. The van der Waals surface area contributed by atoms with Crippen LogP contribution >= 0.6 is 34.3 Å². The van der Waals surface area contributed by atoms with Crippen LogP contribution in [0.2, 0.25) is 4.34 Å². The fourth-order valence-electron chi connectivity index (χ4n) is 2.87. The van der Waals surface area contributed by atoms with E-state index >= 15 is 0 Å². The van der Waals surface area contributed by atoms with Crippen LogP contribution in [0.4, 0.5) is 5.00 Å². The molecular formula is C14H14ClN3OS2. The average molecular weight is 340 g/mol. The molecule has 0 aromatic carbocycles. The molecule has 2 aliphatic rings. The second kappa shape index (κ2) is 4.98. The van der Waals surface area contributed by atoms with Crippen molar-refractivity contribution in [3.05, 3.63) is 37.4 Å². The molecule has 2 aromatic rings. The quantitative estimate of drug-likeness (QED) is 0.837. The molecule has 2 aromatic heterocycles. The highest BCUT2D eigenvalue weighted by Gasteiger charge is 2.33. The van der Waals surface area contributed by atoms with Crippen LogP contribution in [0.5, 0.6) is 0 Å². The Kier molecular flexibility index (Phi) is 3.22. The Bertz CT molecular complexity index is 724. The van der Waals surface area contributed by atoms with Crippen LogP contribution in [-0.4, -0.2) is 24.4 Å². The van der Waals surface area contributed by atoms with Gasteiger partial charge >= 0.3 is 0 Å². The van der Waals surface area contributed by atoms with Crippen LogP contribution in [0, 0.1) is 0 Å². The Morgan fingerprint density at radius 2 is 2.19 bits per heavy atom. The third-order valence-corrected chi connectivity index (χ3v) is 6.35. The number of fused-ring (bicyclic) bond motifs is 3. The Hall–Kier alpha value is -1.08. The van der Waals surface area contributed by atoms with Gasteiger partial charge in [-0.25, -0.2) is 0 Å². The van der Waals surface area contributed by atoms with Crippen LogP contribution in [0.15, 0.2) is 12.1 Å². The fourth-order valence-corrected chi connectivity index (χ4v) is 5.29. The number of nitrogens with one attached hydrogen (secondary N) is 2. The maximum Gasteiger partial charge on any atom is 0.256 e. The van der Waals surface area contributed by atoms with E-state index in [0.717, 1.165) is 39.3 Å². The van der Waals surface area contributed by atoms with Crippen molar-refractivity contribution in [2.45, 2.75) is 19.1 Å². The van der Waals surface area contributed by atoms with Gasteiger partial charge in [-0.2, -0.15) is 0 Å². The minimum Gasteiger partial charge on any atom is -0.352 e. The number of nitrogens with zero attached hydrogens (tertiary/aromatic N) is 1. The molecule has 0 spiro atoms. The summed E-state index contributed by atoms with van der Waals surface area (Å²) in [7, 11) is 2.12. The van der Waals surface area contributed by atoms with Gasteiger partial charge < -0.3 is 15.5 Å². The molecule has 0 unspecified atom stereocenters. The first-order valence-corrected chi connectivity index (χ1v) is 8.78. The Morgan fingerprint density at radius 1 is 1.33 bits per heavy atom. The average Bonchev–Trinajstić information content (AvgIpc) is 3.01. The SMILES string of the molecule is CN1CCc2c(sc3c2C(=O)N[C@@H](c2ccc(Cl)s2)N3)C1. The van der Waals surface area contributed by atoms with Crippen molar-refractivity contribution in [1.82, 2.24) is 10.2 Å². The number of anilines is 1. The van der Waals surface area contributed by atoms with Gasteiger partial charge in [-0.15, -0.1) is 22.7 Å². The summed E-state index contributed by atoms with van der Waals surface area (Å²) in [5.41, 5.74) is 2.07. The summed E-state index contributed by atoms with van der Waals surface area (Å²) >= 11 is 9.19. The Labute approximate surface area is 135 Å². The number of halogens is 1. The zero-order valence-corrected chi connectivity index (χ0v) is 13.8. The molecular weight excluding hydrogens is 326 g/mol. The van der Waals surface area contributed by atoms with Gasteiger partial charge in [-0.3, -0.25) is 4.79 Å². The molecule has 0 bridgehead atoms. The third-order valence-electron chi connectivity index (χ3n) is 3.90. The molecule has 4 rings (SSSR count). The summed E-state index contributed by atoms with van der Waals surface area (Å²) in [6.07, 6.45) is 0.766. The highest BCUT2D eigenvalue weighted by atomic mass is 35.5. The lowest BCUT2D eigenvalue weighted by atomic mass is 10.0. The lowest BCUT2D eigenvalue weighted by Crippen LogP contribution is -2.38. The molecule has 0 radical (unpaired) electrons. The molecule has 1 atom stereocenters. The lowest BCUT2D eigenvalue weighted by molar-refractivity contribution is 0.0935. The molecule has 0 fully saturated rings. The standard InChI is InChI=1S/C14H14ClN3OS2/c1-18-5-4-7-9(6-18)21-14-11(7)13(19)16-12(17-14)8-2-3-10(15)20-8/h2-3,12,17H,4-6H2,1H3,(H,16,19)/t12-/m1/s1. The number of thiophene rings is 2. The van der Waals surface area contributed by atoms with E-state index in [1.165, 1.54) is 21.8 Å². The number of carbonyl (C=O) groups excluding carboxylic acids is 1. The van der Waals surface area contributed by atoms with E-state index in [9.17, 15) is 4.79 Å². The smallest absolute Gasteiger partial charge is 0.256 e. The van der Waals surface area contributed by atoms with Crippen molar-refractivity contribution in [2.75, 3.05) is 18.9 Å². The molecule has 7 heteroatoms. The summed E-state index contributed by atoms with van der Waals surface area (Å²) in [5.74, 6) is 0.0281. The molecule has 21 heavy (non-hydrogen) atoms. The Morgan fingerprint density at radius 3 is 2.95 bits per heavy atom. The molecule has 0 aliphatic carbocycles. The molecule has 1 amide bonds. The van der Waals surface area contributed by atoms with E-state index in [1.54, 1.807) is 11.3 Å². The van der Waals surface area contributed by atoms with Crippen LogP contribution in [0.25, 0.3) is 0 Å². The van der Waals surface area contributed by atoms with Gasteiger partial charge in [0.05, 0.1) is 9.90 Å². The lowest BCUT2D eigenvalue weighted by Gasteiger charge is -2.26. The number of carbonyl (C=O) groups is 1. The summed E-state index contributed by atoms with van der Waals surface area (Å²) in [4.78, 5) is 17.1. The molecule has 2 N–H and O–H groups in total. The van der Waals surface area contributed by atoms with Gasteiger partial charge in [0.2, 0.25) is 0 Å². The number of likely N-dealkylation sites (N-methyl/N-ethyl adjacent to an activating group) is 1. The van der Waals surface area contributed by atoms with E-state index in [1.807, 2.05) is 12.1 Å². The summed E-state index contributed by atoms with van der Waals surface area (Å²) in [6, 6.07) is 3.82. The van der Waals surface area contributed by atoms with Crippen LogP contribution in [-0.2, 0) is 13.0 Å². The van der Waals surface area contributed by atoms with Crippen LogP contribution in [0.3, 0.4) is 0 Å². The van der Waals surface area contributed by atoms with E-state index in [0.29, 0.717) is 0 Å². The maximum atomic E-state index is 12.5. The van der Waals surface area contributed by atoms with Gasteiger partial charge in [-0.05, 0) is 31.2 Å². The zero-order chi connectivity index (χ0) is 14.6. The van der Waals surface area contributed by atoms with E-state index in [4.69, 9.17) is 11.6 Å². The molecule has 2 aliphatic heterocycles. The first-order chi connectivity index (χ1) is 10.1. The van der Waals surface area contributed by atoms with Gasteiger partial charge in [0.15, 0.2) is 0 Å². The van der Waals surface area contributed by atoms with Gasteiger partial charge in [0, 0.05) is 22.8 Å². The predicted molar refractivity (Wildman–Crippen MR) is 87.5 cm³/mol. The van der Waals surface area contributed by atoms with Crippen molar-refractivity contribution in [1.29, 1.82) is 0 Å². The normalized spacial score (nSPS) is 21.4. The van der Waals surface area contributed by atoms with Crippen molar-refractivity contribution in [3.63, 3.8) is 0 Å². The third kappa shape index (κ3) is 2.26. The largest absolute Gasteiger partial charge is 0.352 e. The van der Waals surface area contributed by atoms with Crippen LogP contribution in [0.1, 0.15) is 31.8 Å². The number of hydrogen-bond acceptors (Lipinski definition) is 5. The summed E-state index contributed by atoms with van der Waals surface area (Å²) in [6.45, 7) is 1.94. The predicted octanol–water partition coefficient (Wildman–Crippen LogP) is 3.31. The number of hydrogen-bond donors (Lipinski definition) is 2. The number of rotatable bonds is 1. The van der Waals surface area contributed by atoms with E-state index in [2.05, 4.69) is 22.6 Å². The van der Waals surface area contributed by atoms with E-state index in [-0.39, 0.29) is 12.1 Å². The zero-order valence-electron chi connectivity index (χ0n) is 11.4. The highest BCUT2D eigenvalue weighted by Crippen LogP contribution is 2.41. The highest BCUT2D eigenvalue weighted by molar-refractivity contribution is 7.17. The van der Waals surface area contributed by atoms with Gasteiger partial charge in [-0.1, -0.05) is 11.6 Å². The number of amides is 1. The second-order valence-electron chi connectivity index (χ2n) is 5.39. The molecule has 4 nitrogen and oxygen atoms in total. The maximum absolute atomic E-state index is 12.5. The molecule has 0 saturated heterocycles. The van der Waals surface area contributed by atoms with Crippen molar-refractivity contribution in [2.24, 2.45) is 0 Å². The first-order valence-electron chi connectivity index (χ1n) is 6.77. The Balaban J connectivity index is 1.71. The molecule has 4 heterocycles. The topological polar surface area (TPSA) is 44.4 Å². The molecule has 0 saturated carbocycles. The minimum absolute atomic E-state index is 0.0281.